The average molecular weight is 421 g/mol. The number of nitrogens with two attached hydrogens (primary N) is 1. The van der Waals surface area contributed by atoms with Crippen LogP contribution in [0.5, 0.6) is 0 Å². The van der Waals surface area contributed by atoms with Crippen LogP contribution >= 0.6 is 0 Å². The number of primary sulfonamides is 1. The number of nitrogens with one attached hydrogen (secondary N) is 1. The number of carbonyl (C=O) groups is 2. The molecule has 0 aromatic heterocycles. The number of rotatable bonds is 7. The van der Waals surface area contributed by atoms with E-state index >= 15 is 0 Å². The third-order valence-electron chi connectivity index (χ3n) is 6.79. The van der Waals surface area contributed by atoms with Gasteiger partial charge in [-0.2, -0.15) is 0 Å². The zero-order chi connectivity index (χ0) is 20.6. The number of esters is 1. The number of amides is 1. The van der Waals surface area contributed by atoms with Gasteiger partial charge in [0.15, 0.2) is 6.61 Å². The molecule has 0 aliphatic heterocycles. The summed E-state index contributed by atoms with van der Waals surface area (Å²) in [6, 6.07) is 6.22. The topological polar surface area (TPSA) is 116 Å². The molecule has 5 rings (SSSR count). The molecule has 4 aliphatic carbocycles. The van der Waals surface area contributed by atoms with Crippen molar-refractivity contribution in [3.8, 4) is 0 Å². The minimum absolute atomic E-state index is 0.0573. The highest BCUT2D eigenvalue weighted by Gasteiger charge is 2.55. The third kappa shape index (κ3) is 4.48. The van der Waals surface area contributed by atoms with Crippen LogP contribution in [-0.4, -0.2) is 33.4 Å². The van der Waals surface area contributed by atoms with E-state index in [1.165, 1.54) is 31.4 Å². The van der Waals surface area contributed by atoms with E-state index in [1.807, 2.05) is 0 Å². The van der Waals surface area contributed by atoms with Crippen LogP contribution in [-0.2, 0) is 30.8 Å². The second-order valence-electron chi connectivity index (χ2n) is 9.06. The predicted octanol–water partition coefficient (Wildman–Crippen LogP) is 1.75. The summed E-state index contributed by atoms with van der Waals surface area (Å²) in [4.78, 5) is 24.9. The summed E-state index contributed by atoms with van der Waals surface area (Å²) in [5, 5.41) is 7.82. The fraction of sp³-hybridized carbons (Fsp3) is 0.619. The molecule has 4 aliphatic rings. The van der Waals surface area contributed by atoms with Crippen LogP contribution in [0.3, 0.4) is 0 Å². The van der Waals surface area contributed by atoms with Gasteiger partial charge in [-0.25, -0.2) is 13.6 Å². The molecule has 7 nitrogen and oxygen atoms in total. The van der Waals surface area contributed by atoms with Crippen molar-refractivity contribution in [1.82, 2.24) is 5.32 Å². The van der Waals surface area contributed by atoms with E-state index < -0.39 is 10.0 Å². The van der Waals surface area contributed by atoms with Gasteiger partial charge in [0.25, 0.3) is 5.91 Å². The lowest BCUT2D eigenvalue weighted by atomic mass is 9.49. The summed E-state index contributed by atoms with van der Waals surface area (Å²) in [6.45, 7) is 0.132. The zero-order valence-corrected chi connectivity index (χ0v) is 17.2. The van der Waals surface area contributed by atoms with Crippen LogP contribution in [0.15, 0.2) is 29.2 Å². The molecule has 1 aromatic carbocycles. The molecule has 1 aromatic rings. The van der Waals surface area contributed by atoms with Gasteiger partial charge in [-0.05, 0) is 80.4 Å². The summed E-state index contributed by atoms with van der Waals surface area (Å²) >= 11 is 0. The lowest BCUT2D eigenvalue weighted by Gasteiger charge is -2.55. The predicted molar refractivity (Wildman–Crippen MR) is 106 cm³/mol. The van der Waals surface area contributed by atoms with Crippen LogP contribution in [0.25, 0.3) is 0 Å². The smallest absolute Gasteiger partial charge is 0.312 e. The van der Waals surface area contributed by atoms with Gasteiger partial charge in [-0.1, -0.05) is 12.1 Å². The number of benzene rings is 1. The second kappa shape index (κ2) is 7.72. The fourth-order valence-corrected chi connectivity index (χ4v) is 6.40. The Morgan fingerprint density at radius 1 is 1.03 bits per heavy atom. The molecule has 4 saturated carbocycles. The van der Waals surface area contributed by atoms with Gasteiger partial charge in [0.1, 0.15) is 0 Å². The molecule has 0 saturated heterocycles. The van der Waals surface area contributed by atoms with E-state index in [4.69, 9.17) is 9.88 Å². The first-order valence-corrected chi connectivity index (χ1v) is 11.8. The van der Waals surface area contributed by atoms with Crippen molar-refractivity contribution in [2.24, 2.45) is 28.3 Å². The first-order chi connectivity index (χ1) is 13.7. The van der Waals surface area contributed by atoms with Gasteiger partial charge in [0, 0.05) is 6.54 Å². The minimum atomic E-state index is -3.70. The van der Waals surface area contributed by atoms with Gasteiger partial charge in [-0.15, -0.1) is 0 Å². The Morgan fingerprint density at radius 3 is 2.10 bits per heavy atom. The standard InChI is InChI=1S/C21H28N2O5S/c22-29(26,27)18-3-1-14(2-4-18)5-6-23-19(24)13-28-20(25)21-10-15-7-16(11-21)9-17(8-15)12-21/h1-4,15-17H,5-13H2,(H,23,24)(H2,22,26,27). The highest BCUT2D eigenvalue weighted by molar-refractivity contribution is 7.89. The molecule has 4 fully saturated rings. The minimum Gasteiger partial charge on any atom is -0.455 e. The monoisotopic (exact) mass is 420 g/mol. The second-order valence-corrected chi connectivity index (χ2v) is 10.6. The number of hydrogen-bond donors (Lipinski definition) is 2. The van der Waals surface area contributed by atoms with Crippen molar-refractivity contribution < 1.29 is 22.7 Å². The van der Waals surface area contributed by atoms with Crippen molar-refractivity contribution in [3.05, 3.63) is 29.8 Å². The van der Waals surface area contributed by atoms with Gasteiger partial charge in [0.05, 0.1) is 10.3 Å². The van der Waals surface area contributed by atoms with E-state index in [2.05, 4.69) is 5.32 Å². The van der Waals surface area contributed by atoms with Crippen molar-refractivity contribution in [1.29, 1.82) is 0 Å². The molecule has 0 heterocycles. The molecular weight excluding hydrogens is 392 g/mol. The first kappa shape index (κ1) is 20.3. The number of sulfonamides is 1. The van der Waals surface area contributed by atoms with E-state index in [0.717, 1.165) is 24.8 Å². The van der Waals surface area contributed by atoms with E-state index in [-0.39, 0.29) is 28.8 Å². The Morgan fingerprint density at radius 2 is 1.59 bits per heavy atom. The molecular formula is C21H28N2O5S. The molecule has 0 spiro atoms. The number of hydrogen-bond acceptors (Lipinski definition) is 5. The van der Waals surface area contributed by atoms with Crippen molar-refractivity contribution in [3.63, 3.8) is 0 Å². The maximum atomic E-state index is 12.7. The molecule has 158 valence electrons. The van der Waals surface area contributed by atoms with E-state index in [1.54, 1.807) is 12.1 Å². The van der Waals surface area contributed by atoms with Gasteiger partial charge >= 0.3 is 5.97 Å². The highest BCUT2D eigenvalue weighted by atomic mass is 32.2. The Bertz CT molecular complexity index is 859. The molecule has 8 heteroatoms. The maximum Gasteiger partial charge on any atom is 0.312 e. The lowest BCUT2D eigenvalue weighted by Crippen LogP contribution is -2.51. The van der Waals surface area contributed by atoms with Crippen LogP contribution in [0, 0.1) is 23.2 Å². The Balaban J connectivity index is 1.21. The number of ether oxygens (including phenoxy) is 1. The molecule has 0 unspecified atom stereocenters. The largest absolute Gasteiger partial charge is 0.455 e. The maximum absolute atomic E-state index is 12.7. The Hall–Kier alpha value is -1.93. The lowest BCUT2D eigenvalue weighted by molar-refractivity contribution is -0.173. The van der Waals surface area contributed by atoms with Crippen molar-refractivity contribution >= 4 is 21.9 Å². The Labute approximate surface area is 171 Å². The summed E-state index contributed by atoms with van der Waals surface area (Å²) in [7, 11) is -3.70. The summed E-state index contributed by atoms with van der Waals surface area (Å²) < 4.78 is 27.9. The quantitative estimate of drug-likeness (QED) is 0.652. The average Bonchev–Trinajstić information content (AvgIpc) is 2.64. The third-order valence-corrected chi connectivity index (χ3v) is 7.72. The molecule has 29 heavy (non-hydrogen) atoms. The van der Waals surface area contributed by atoms with Crippen LogP contribution in [0.1, 0.15) is 44.1 Å². The van der Waals surface area contributed by atoms with Gasteiger partial charge < -0.3 is 10.1 Å². The summed E-state index contributed by atoms with van der Waals surface area (Å²) in [5.74, 6) is 1.46. The summed E-state index contributed by atoms with van der Waals surface area (Å²) in [6.07, 6.45) is 7.08. The van der Waals surface area contributed by atoms with Crippen LogP contribution < -0.4 is 10.5 Å². The van der Waals surface area contributed by atoms with E-state index in [0.29, 0.717) is 30.7 Å². The zero-order valence-electron chi connectivity index (χ0n) is 16.4. The number of carbonyl (C=O) groups excluding carboxylic acids is 2. The molecule has 1 amide bonds. The molecule has 3 N–H and O–H groups in total. The van der Waals surface area contributed by atoms with Gasteiger partial charge in [0.2, 0.25) is 10.0 Å². The van der Waals surface area contributed by atoms with Crippen molar-refractivity contribution in [2.75, 3.05) is 13.2 Å². The summed E-state index contributed by atoms with van der Waals surface area (Å²) in [5.41, 5.74) is 0.531. The molecule has 0 atom stereocenters. The normalized spacial score (nSPS) is 30.2. The fourth-order valence-electron chi connectivity index (χ4n) is 5.89. The molecule has 0 radical (unpaired) electrons. The Kier molecular flexibility index (Phi) is 5.42. The SMILES string of the molecule is NS(=O)(=O)c1ccc(CCNC(=O)COC(=O)C23CC4CC(CC(C4)C2)C3)cc1. The molecule has 4 bridgehead atoms. The first-order valence-electron chi connectivity index (χ1n) is 10.3. The van der Waals surface area contributed by atoms with E-state index in [9.17, 15) is 18.0 Å². The van der Waals surface area contributed by atoms with Crippen LogP contribution in [0.2, 0.25) is 0 Å². The van der Waals surface area contributed by atoms with Gasteiger partial charge in [-0.3, -0.25) is 9.59 Å². The highest BCUT2D eigenvalue weighted by Crippen LogP contribution is 2.60. The van der Waals surface area contributed by atoms with Crippen LogP contribution in [0.4, 0.5) is 0 Å². The van der Waals surface area contributed by atoms with Crippen molar-refractivity contribution in [2.45, 2.75) is 49.8 Å².